The molecule has 1 aromatic carbocycles. The van der Waals surface area contributed by atoms with Crippen molar-refractivity contribution in [3.8, 4) is 11.6 Å². The van der Waals surface area contributed by atoms with Gasteiger partial charge in [-0.25, -0.2) is 13.8 Å². The second-order valence-corrected chi connectivity index (χ2v) is 8.27. The molecule has 1 amide bonds. The van der Waals surface area contributed by atoms with E-state index >= 15 is 4.39 Å². The molecule has 170 valence electrons. The zero-order valence-electron chi connectivity index (χ0n) is 18.2. The molecule has 1 aliphatic rings. The molecule has 0 unspecified atom stereocenters. The Labute approximate surface area is 187 Å². The molecule has 1 fully saturated rings. The molecule has 1 saturated heterocycles. The molecular formula is C24H22F2N4O3. The molecule has 4 aromatic rings. The maximum absolute atomic E-state index is 15.5. The minimum Gasteiger partial charge on any atom is -0.481 e. The third-order valence-electron chi connectivity index (χ3n) is 6.14. The van der Waals surface area contributed by atoms with Crippen LogP contribution in [0.2, 0.25) is 0 Å². The van der Waals surface area contributed by atoms with Gasteiger partial charge < -0.3 is 14.6 Å². The lowest BCUT2D eigenvalue weighted by Crippen LogP contribution is -2.39. The fourth-order valence-corrected chi connectivity index (χ4v) is 4.38. The highest BCUT2D eigenvalue weighted by molar-refractivity contribution is 6.06. The Balaban J connectivity index is 1.74. The van der Waals surface area contributed by atoms with Crippen LogP contribution in [0.15, 0.2) is 41.5 Å². The van der Waals surface area contributed by atoms with E-state index in [0.29, 0.717) is 16.3 Å². The van der Waals surface area contributed by atoms with E-state index in [1.807, 2.05) is 6.92 Å². The second-order valence-electron chi connectivity index (χ2n) is 8.27. The lowest BCUT2D eigenvalue weighted by atomic mass is 10.0. The van der Waals surface area contributed by atoms with Gasteiger partial charge in [0.1, 0.15) is 6.17 Å². The maximum Gasteiger partial charge on any atom is 0.263 e. The van der Waals surface area contributed by atoms with Crippen molar-refractivity contribution in [2.45, 2.75) is 25.9 Å². The Kier molecular flexibility index (Phi) is 5.11. The van der Waals surface area contributed by atoms with Crippen molar-refractivity contribution in [3.63, 3.8) is 0 Å². The number of aryl methyl sites for hydroxylation is 1. The zero-order chi connectivity index (χ0) is 23.3. The van der Waals surface area contributed by atoms with Gasteiger partial charge in [0, 0.05) is 53.5 Å². The van der Waals surface area contributed by atoms with Gasteiger partial charge in [-0.2, -0.15) is 0 Å². The molecule has 0 radical (unpaired) electrons. The Morgan fingerprint density at radius 2 is 1.94 bits per heavy atom. The van der Waals surface area contributed by atoms with Crippen LogP contribution in [0.3, 0.4) is 0 Å². The maximum atomic E-state index is 15.5. The molecule has 3 aromatic heterocycles. The average molecular weight is 452 g/mol. The summed E-state index contributed by atoms with van der Waals surface area (Å²) in [6, 6.07) is 6.30. The summed E-state index contributed by atoms with van der Waals surface area (Å²) in [5.41, 5.74) is 1.12. The molecular weight excluding hydrogens is 430 g/mol. The number of fused-ring (bicyclic) bond motifs is 2. The van der Waals surface area contributed by atoms with E-state index in [1.54, 1.807) is 17.0 Å². The average Bonchev–Trinajstić information content (AvgIpc) is 3.21. The SMILES string of the molecule is COc1cc2c(=O)n(-c3ccc4[nH]c(C)cc4c3F)cc(C(=O)N3CCC(F)CC3)c2cn1. The minimum atomic E-state index is -0.934. The van der Waals surface area contributed by atoms with Gasteiger partial charge in [-0.15, -0.1) is 0 Å². The van der Waals surface area contributed by atoms with Gasteiger partial charge in [0.05, 0.1) is 23.7 Å². The first kappa shape index (κ1) is 21.1. The number of methoxy groups -OCH3 is 1. The van der Waals surface area contributed by atoms with Crippen molar-refractivity contribution in [2.24, 2.45) is 0 Å². The summed E-state index contributed by atoms with van der Waals surface area (Å²) in [6.07, 6.45) is 2.34. The summed E-state index contributed by atoms with van der Waals surface area (Å²) in [4.78, 5) is 35.6. The Bertz CT molecular complexity index is 1450. The number of carbonyl (C=O) groups is 1. The number of ether oxygens (including phenoxy) is 1. The number of aromatic amines is 1. The first-order valence-electron chi connectivity index (χ1n) is 10.7. The van der Waals surface area contributed by atoms with Crippen LogP contribution in [0, 0.1) is 12.7 Å². The quantitative estimate of drug-likeness (QED) is 0.511. The number of piperidine rings is 1. The standard InChI is InChI=1S/C24H22F2N4O3/c1-13-9-16-19(28-13)3-4-20(22(16)26)30-12-18(23(31)29-7-5-14(25)6-8-29)17-11-27-21(33-2)10-15(17)24(30)32/h3-4,9-12,14,28H,5-8H2,1-2H3. The number of aromatic nitrogens is 3. The highest BCUT2D eigenvalue weighted by Crippen LogP contribution is 2.27. The number of nitrogens with zero attached hydrogens (tertiary/aromatic N) is 3. The van der Waals surface area contributed by atoms with Crippen LogP contribution in [0.1, 0.15) is 28.9 Å². The molecule has 1 aliphatic heterocycles. The van der Waals surface area contributed by atoms with Crippen LogP contribution >= 0.6 is 0 Å². The van der Waals surface area contributed by atoms with E-state index in [9.17, 15) is 14.0 Å². The third kappa shape index (κ3) is 3.53. The topological polar surface area (TPSA) is 80.2 Å². The molecule has 0 atom stereocenters. The molecule has 0 spiro atoms. The van der Waals surface area contributed by atoms with E-state index in [2.05, 4.69) is 9.97 Å². The number of pyridine rings is 2. The highest BCUT2D eigenvalue weighted by atomic mass is 19.1. The first-order valence-corrected chi connectivity index (χ1v) is 10.7. The van der Waals surface area contributed by atoms with Crippen LogP contribution in [-0.2, 0) is 0 Å². The lowest BCUT2D eigenvalue weighted by Gasteiger charge is -2.29. The van der Waals surface area contributed by atoms with Crippen LogP contribution in [0.5, 0.6) is 5.88 Å². The first-order chi connectivity index (χ1) is 15.9. The van der Waals surface area contributed by atoms with Gasteiger partial charge in [-0.1, -0.05) is 0 Å². The zero-order valence-corrected chi connectivity index (χ0v) is 18.2. The summed E-state index contributed by atoms with van der Waals surface area (Å²) < 4.78 is 35.4. The van der Waals surface area contributed by atoms with Gasteiger partial charge in [-0.3, -0.25) is 14.2 Å². The van der Waals surface area contributed by atoms with Gasteiger partial charge in [-0.05, 0) is 38.0 Å². The number of alkyl halides is 1. The fraction of sp³-hybridized carbons (Fsp3) is 0.292. The Morgan fingerprint density at radius 3 is 2.67 bits per heavy atom. The van der Waals surface area contributed by atoms with Crippen molar-refractivity contribution in [1.29, 1.82) is 0 Å². The smallest absolute Gasteiger partial charge is 0.263 e. The number of rotatable bonds is 3. The van der Waals surface area contributed by atoms with E-state index in [-0.39, 0.29) is 54.4 Å². The molecule has 1 N–H and O–H groups in total. The minimum absolute atomic E-state index is 0.0284. The van der Waals surface area contributed by atoms with Gasteiger partial charge in [0.15, 0.2) is 5.82 Å². The van der Waals surface area contributed by atoms with Crippen LogP contribution in [0.25, 0.3) is 27.4 Å². The Hall–Kier alpha value is -3.75. The number of hydrogen-bond acceptors (Lipinski definition) is 4. The van der Waals surface area contributed by atoms with Crippen molar-refractivity contribution in [2.75, 3.05) is 20.2 Å². The predicted molar refractivity (Wildman–Crippen MR) is 120 cm³/mol. The Morgan fingerprint density at radius 1 is 1.18 bits per heavy atom. The number of amides is 1. The van der Waals surface area contributed by atoms with Crippen molar-refractivity contribution in [1.82, 2.24) is 19.4 Å². The number of nitrogens with one attached hydrogen (secondary N) is 1. The monoisotopic (exact) mass is 452 g/mol. The third-order valence-corrected chi connectivity index (χ3v) is 6.14. The molecule has 0 bridgehead atoms. The molecule has 0 aliphatic carbocycles. The van der Waals surface area contributed by atoms with Crippen LogP contribution in [0.4, 0.5) is 8.78 Å². The van der Waals surface area contributed by atoms with E-state index in [4.69, 9.17) is 4.74 Å². The summed E-state index contributed by atoms with van der Waals surface area (Å²) in [6.45, 7) is 2.36. The number of H-pyrrole nitrogens is 1. The van der Waals surface area contributed by atoms with Crippen molar-refractivity contribution < 1.29 is 18.3 Å². The normalized spacial score (nSPS) is 14.8. The van der Waals surface area contributed by atoms with E-state index in [0.717, 1.165) is 10.3 Å². The highest BCUT2D eigenvalue weighted by Gasteiger charge is 2.26. The van der Waals surface area contributed by atoms with Gasteiger partial charge in [0.2, 0.25) is 5.88 Å². The molecule has 4 heterocycles. The lowest BCUT2D eigenvalue weighted by molar-refractivity contribution is 0.0668. The van der Waals surface area contributed by atoms with Gasteiger partial charge in [0.25, 0.3) is 11.5 Å². The van der Waals surface area contributed by atoms with Gasteiger partial charge >= 0.3 is 0 Å². The number of likely N-dealkylation sites (tertiary alicyclic amines) is 1. The molecule has 9 heteroatoms. The molecule has 0 saturated carbocycles. The number of carbonyl (C=O) groups excluding carboxylic acids is 1. The summed E-state index contributed by atoms with van der Waals surface area (Å²) in [7, 11) is 1.42. The van der Waals surface area contributed by atoms with Crippen LogP contribution < -0.4 is 10.3 Å². The second kappa shape index (κ2) is 7.99. The largest absolute Gasteiger partial charge is 0.481 e. The number of halogens is 2. The predicted octanol–water partition coefficient (Wildman–Crippen LogP) is 3.90. The van der Waals surface area contributed by atoms with Crippen LogP contribution in [-0.4, -0.2) is 51.7 Å². The molecule has 7 nitrogen and oxygen atoms in total. The van der Waals surface area contributed by atoms with Crippen molar-refractivity contribution in [3.05, 3.63) is 64.1 Å². The van der Waals surface area contributed by atoms with E-state index in [1.165, 1.54) is 31.6 Å². The number of hydrogen-bond donors (Lipinski definition) is 1. The fourth-order valence-electron chi connectivity index (χ4n) is 4.38. The summed E-state index contributed by atoms with van der Waals surface area (Å²) >= 11 is 0. The van der Waals surface area contributed by atoms with Crippen molar-refractivity contribution >= 4 is 27.6 Å². The summed E-state index contributed by atoms with van der Waals surface area (Å²) in [5.74, 6) is -0.728. The molecule has 33 heavy (non-hydrogen) atoms. The van der Waals surface area contributed by atoms with E-state index < -0.39 is 17.5 Å². The number of benzene rings is 1. The molecule has 5 rings (SSSR count). The summed E-state index contributed by atoms with van der Waals surface area (Å²) in [5, 5.41) is 0.864.